The first-order valence-corrected chi connectivity index (χ1v) is 9.09. The molecule has 0 saturated heterocycles. The number of hydrogen-bond acceptors (Lipinski definition) is 4. The van der Waals surface area contributed by atoms with Crippen LogP contribution in [0, 0.1) is 25.7 Å². The van der Waals surface area contributed by atoms with Crippen molar-refractivity contribution in [2.24, 2.45) is 0 Å². The van der Waals surface area contributed by atoms with E-state index < -0.39 is 5.97 Å². The molecule has 2 aromatic carbocycles. The third-order valence-corrected chi connectivity index (χ3v) is 4.45. The molecule has 0 aliphatic carbocycles. The van der Waals surface area contributed by atoms with E-state index in [1.165, 1.54) is 7.11 Å². The van der Waals surface area contributed by atoms with Crippen LogP contribution in [0.5, 0.6) is 17.2 Å². The lowest BCUT2D eigenvalue weighted by atomic mass is 10.0. The highest BCUT2D eigenvalue weighted by molar-refractivity contribution is 6.32. The largest absolute Gasteiger partial charge is 0.493 e. The predicted molar refractivity (Wildman–Crippen MR) is 111 cm³/mol. The molecule has 28 heavy (non-hydrogen) atoms. The zero-order valence-electron chi connectivity index (χ0n) is 16.5. The lowest BCUT2D eigenvalue weighted by Gasteiger charge is -2.16. The third kappa shape index (κ3) is 5.31. The molecule has 0 unspecified atom stereocenters. The monoisotopic (exact) mass is 398 g/mol. The van der Waals surface area contributed by atoms with Gasteiger partial charge in [-0.25, -0.2) is 4.79 Å². The number of allylic oxidation sites excluding steroid dienone is 1. The summed E-state index contributed by atoms with van der Waals surface area (Å²) in [6.45, 7) is 7.71. The fraction of sp³-hybridized carbons (Fsp3) is 0.261. The third-order valence-electron chi connectivity index (χ3n) is 4.16. The van der Waals surface area contributed by atoms with Crippen LogP contribution in [0.25, 0.3) is 0 Å². The molecule has 0 radical (unpaired) electrons. The van der Waals surface area contributed by atoms with Crippen LogP contribution in [-0.4, -0.2) is 20.2 Å². The van der Waals surface area contributed by atoms with Gasteiger partial charge in [0.2, 0.25) is 0 Å². The van der Waals surface area contributed by atoms with Crippen LogP contribution in [0.4, 0.5) is 0 Å². The van der Waals surface area contributed by atoms with Crippen LogP contribution in [0.15, 0.2) is 36.9 Å². The number of hydrogen-bond donors (Lipinski definition) is 0. The summed E-state index contributed by atoms with van der Waals surface area (Å²) >= 11 is 6.39. The van der Waals surface area contributed by atoms with E-state index in [1.807, 2.05) is 44.2 Å². The molecule has 0 bridgehead atoms. The molecular formula is C23H23ClO4. The van der Waals surface area contributed by atoms with E-state index in [2.05, 4.69) is 23.2 Å². The summed E-state index contributed by atoms with van der Waals surface area (Å²) in [5.41, 5.74) is 3.96. The fourth-order valence-corrected chi connectivity index (χ4v) is 2.98. The number of carbonyl (C=O) groups excluding carboxylic acids is 1. The first kappa shape index (κ1) is 21.4. The molecule has 0 aliphatic heterocycles. The molecule has 4 nitrogen and oxygen atoms in total. The number of ether oxygens (including phenoxy) is 3. The summed E-state index contributed by atoms with van der Waals surface area (Å²) in [5.74, 6) is 6.35. The Morgan fingerprint density at radius 2 is 1.89 bits per heavy atom. The topological polar surface area (TPSA) is 44.8 Å². The highest BCUT2D eigenvalue weighted by Crippen LogP contribution is 2.39. The Morgan fingerprint density at radius 1 is 1.14 bits per heavy atom. The van der Waals surface area contributed by atoms with Gasteiger partial charge in [-0.05, 0) is 60.7 Å². The number of benzene rings is 2. The highest BCUT2D eigenvalue weighted by Gasteiger charge is 2.14. The van der Waals surface area contributed by atoms with Crippen LogP contribution in [0.1, 0.15) is 22.3 Å². The molecule has 0 fully saturated rings. The summed E-state index contributed by atoms with van der Waals surface area (Å²) in [6, 6.07) is 7.58. The average molecular weight is 399 g/mol. The SMILES string of the molecule is C=CCc1cc(Oc2c(C)cc(CC#CC(=O)OC)cc2OC)c(Cl)cc1C. The molecule has 0 amide bonds. The molecule has 0 heterocycles. The summed E-state index contributed by atoms with van der Waals surface area (Å²) in [7, 11) is 2.87. The Balaban J connectivity index is 2.36. The molecule has 2 aromatic rings. The molecule has 0 spiro atoms. The molecule has 0 N–H and O–H groups in total. The zero-order valence-corrected chi connectivity index (χ0v) is 17.3. The van der Waals surface area contributed by atoms with Gasteiger partial charge < -0.3 is 14.2 Å². The minimum Gasteiger partial charge on any atom is -0.493 e. The van der Waals surface area contributed by atoms with Crippen molar-refractivity contribution in [2.45, 2.75) is 26.7 Å². The smallest absolute Gasteiger partial charge is 0.384 e. The van der Waals surface area contributed by atoms with Gasteiger partial charge in [-0.15, -0.1) is 6.58 Å². The Bertz CT molecular complexity index is 951. The van der Waals surface area contributed by atoms with Gasteiger partial charge >= 0.3 is 5.97 Å². The highest BCUT2D eigenvalue weighted by atomic mass is 35.5. The predicted octanol–water partition coefficient (Wildman–Crippen LogP) is 5.21. The second kappa shape index (κ2) is 9.87. The minimum absolute atomic E-state index is 0.390. The second-order valence-corrected chi connectivity index (χ2v) is 6.63. The van der Waals surface area contributed by atoms with Gasteiger partial charge in [0.25, 0.3) is 0 Å². The van der Waals surface area contributed by atoms with E-state index in [0.717, 1.165) is 28.7 Å². The number of rotatable bonds is 6. The van der Waals surface area contributed by atoms with Crippen molar-refractivity contribution in [3.05, 3.63) is 64.2 Å². The normalized spacial score (nSPS) is 9.89. The maximum Gasteiger partial charge on any atom is 0.384 e. The van der Waals surface area contributed by atoms with Crippen LogP contribution in [0.2, 0.25) is 5.02 Å². The van der Waals surface area contributed by atoms with Crippen LogP contribution in [0.3, 0.4) is 0 Å². The van der Waals surface area contributed by atoms with Gasteiger partial charge in [-0.2, -0.15) is 0 Å². The summed E-state index contributed by atoms with van der Waals surface area (Å²) in [5, 5.41) is 0.528. The van der Waals surface area contributed by atoms with Crippen molar-refractivity contribution >= 4 is 17.6 Å². The summed E-state index contributed by atoms with van der Waals surface area (Å²) in [4.78, 5) is 11.1. The average Bonchev–Trinajstić information content (AvgIpc) is 2.66. The molecule has 0 atom stereocenters. The Labute approximate surface area is 171 Å². The first-order valence-electron chi connectivity index (χ1n) is 8.71. The quantitative estimate of drug-likeness (QED) is 0.290. The van der Waals surface area contributed by atoms with Crippen molar-refractivity contribution in [3.8, 4) is 29.1 Å². The van der Waals surface area contributed by atoms with Gasteiger partial charge in [0, 0.05) is 12.3 Å². The number of aryl methyl sites for hydroxylation is 2. The van der Waals surface area contributed by atoms with Crippen molar-refractivity contribution in [1.82, 2.24) is 0 Å². The van der Waals surface area contributed by atoms with E-state index >= 15 is 0 Å². The van der Waals surface area contributed by atoms with Crippen molar-refractivity contribution in [2.75, 3.05) is 14.2 Å². The van der Waals surface area contributed by atoms with Crippen molar-refractivity contribution in [1.29, 1.82) is 0 Å². The molecular weight excluding hydrogens is 376 g/mol. The number of carbonyl (C=O) groups is 1. The van der Waals surface area contributed by atoms with Crippen LogP contribution in [-0.2, 0) is 22.4 Å². The van der Waals surface area contributed by atoms with Gasteiger partial charge in [-0.1, -0.05) is 29.7 Å². The second-order valence-electron chi connectivity index (χ2n) is 6.22. The Kier molecular flexibility index (Phi) is 7.54. The Hall–Kier alpha value is -2.90. The summed E-state index contributed by atoms with van der Waals surface area (Å²) in [6.07, 6.45) is 2.96. The van der Waals surface area contributed by atoms with Gasteiger partial charge in [0.15, 0.2) is 11.5 Å². The van der Waals surface area contributed by atoms with Crippen LogP contribution < -0.4 is 9.47 Å². The van der Waals surface area contributed by atoms with E-state index in [-0.39, 0.29) is 0 Å². The first-order chi connectivity index (χ1) is 13.4. The van der Waals surface area contributed by atoms with Crippen molar-refractivity contribution < 1.29 is 19.0 Å². The fourth-order valence-electron chi connectivity index (χ4n) is 2.73. The van der Waals surface area contributed by atoms with E-state index in [0.29, 0.717) is 28.7 Å². The number of methoxy groups -OCH3 is 2. The van der Waals surface area contributed by atoms with E-state index in [1.54, 1.807) is 7.11 Å². The van der Waals surface area contributed by atoms with E-state index in [4.69, 9.17) is 21.1 Å². The summed E-state index contributed by atoms with van der Waals surface area (Å²) < 4.78 is 16.1. The number of esters is 1. The lowest BCUT2D eigenvalue weighted by Crippen LogP contribution is -1.98. The molecule has 5 heteroatoms. The van der Waals surface area contributed by atoms with Gasteiger partial charge in [0.05, 0.1) is 19.2 Å². The van der Waals surface area contributed by atoms with Gasteiger partial charge in [0.1, 0.15) is 5.75 Å². The van der Waals surface area contributed by atoms with Crippen molar-refractivity contribution in [3.63, 3.8) is 0 Å². The molecule has 2 rings (SSSR count). The molecule has 0 saturated carbocycles. The maximum atomic E-state index is 11.1. The zero-order chi connectivity index (χ0) is 20.7. The maximum absolute atomic E-state index is 11.1. The molecule has 0 aliphatic rings. The standard InChI is InChI=1S/C23H23ClO4/c1-6-8-18-14-20(19(24)12-15(18)2)28-23-16(3)11-17(13-21(23)26-4)9-7-10-22(25)27-5/h6,11-14H,1,8-9H2,2-5H3. The van der Waals surface area contributed by atoms with Crippen LogP contribution >= 0.6 is 11.6 Å². The minimum atomic E-state index is -0.562. The molecule has 146 valence electrons. The van der Waals surface area contributed by atoms with E-state index in [9.17, 15) is 4.79 Å². The molecule has 0 aromatic heterocycles. The van der Waals surface area contributed by atoms with Gasteiger partial charge in [-0.3, -0.25) is 0 Å². The lowest BCUT2D eigenvalue weighted by molar-refractivity contribution is -0.133. The Morgan fingerprint density at radius 3 is 2.54 bits per heavy atom. The number of halogens is 1.